The molecule has 9 heteroatoms. The predicted octanol–water partition coefficient (Wildman–Crippen LogP) is 2.57. The number of aromatic nitrogens is 1. The van der Waals surface area contributed by atoms with Crippen molar-refractivity contribution in [3.05, 3.63) is 59.9 Å². The summed E-state index contributed by atoms with van der Waals surface area (Å²) in [4.78, 5) is 24.7. The molecule has 0 saturated carbocycles. The first-order valence-corrected chi connectivity index (χ1v) is 10.9. The maximum atomic E-state index is 12.9. The molecule has 0 aliphatic carbocycles. The number of nitrogens with zero attached hydrogens (tertiary/aromatic N) is 5. The second-order valence-electron chi connectivity index (χ2n) is 8.30. The van der Waals surface area contributed by atoms with Gasteiger partial charge in [0.15, 0.2) is 0 Å². The first-order chi connectivity index (χ1) is 15.4. The van der Waals surface area contributed by atoms with Gasteiger partial charge in [-0.05, 0) is 29.8 Å². The lowest BCUT2D eigenvalue weighted by molar-refractivity contribution is -0.141. The van der Waals surface area contributed by atoms with Gasteiger partial charge >= 0.3 is 6.18 Å². The highest BCUT2D eigenvalue weighted by molar-refractivity contribution is 5.78. The molecule has 1 amide bonds. The quantitative estimate of drug-likeness (QED) is 0.705. The average molecular weight is 448 g/mol. The molecular weight excluding hydrogens is 419 g/mol. The van der Waals surface area contributed by atoms with Crippen LogP contribution in [-0.4, -0.2) is 84.5 Å². The Morgan fingerprint density at radius 3 is 2.19 bits per heavy atom. The van der Waals surface area contributed by atoms with E-state index < -0.39 is 11.9 Å². The minimum Gasteiger partial charge on any atom is -0.368 e. The Morgan fingerprint density at radius 1 is 0.875 bits per heavy atom. The highest BCUT2D eigenvalue weighted by Crippen LogP contribution is 2.28. The van der Waals surface area contributed by atoms with Gasteiger partial charge in [-0.15, -0.1) is 0 Å². The van der Waals surface area contributed by atoms with E-state index in [-0.39, 0.29) is 5.91 Å². The smallest absolute Gasteiger partial charge is 0.368 e. The average Bonchev–Trinajstić information content (AvgIpc) is 2.81. The molecule has 1 aromatic carbocycles. The van der Waals surface area contributed by atoms with Crippen molar-refractivity contribution >= 4 is 11.6 Å². The molecule has 6 nitrogen and oxygen atoms in total. The van der Waals surface area contributed by atoms with Crippen molar-refractivity contribution in [2.45, 2.75) is 12.7 Å². The molecule has 172 valence electrons. The first kappa shape index (κ1) is 22.5. The number of pyridine rings is 1. The minimum atomic E-state index is -4.43. The molecule has 3 heterocycles. The van der Waals surface area contributed by atoms with Crippen LogP contribution in [-0.2, 0) is 17.5 Å². The van der Waals surface area contributed by atoms with Crippen LogP contribution in [0.3, 0.4) is 0 Å². The molecule has 0 N–H and O–H groups in total. The van der Waals surface area contributed by atoms with Crippen molar-refractivity contribution in [1.29, 1.82) is 0 Å². The van der Waals surface area contributed by atoms with E-state index in [0.717, 1.165) is 58.4 Å². The molecule has 2 saturated heterocycles. The maximum absolute atomic E-state index is 12.9. The number of benzene rings is 1. The molecule has 2 fully saturated rings. The van der Waals surface area contributed by atoms with Crippen molar-refractivity contribution in [2.24, 2.45) is 0 Å². The Balaban J connectivity index is 1.20. The van der Waals surface area contributed by atoms with Crippen molar-refractivity contribution < 1.29 is 18.0 Å². The number of carbonyl (C=O) groups excluding carboxylic acids is 1. The van der Waals surface area contributed by atoms with Gasteiger partial charge in [-0.2, -0.15) is 13.2 Å². The second-order valence-corrected chi connectivity index (χ2v) is 8.30. The second kappa shape index (κ2) is 9.87. The third-order valence-corrected chi connectivity index (χ3v) is 6.10. The summed E-state index contributed by atoms with van der Waals surface area (Å²) < 4.78 is 38.6. The van der Waals surface area contributed by atoms with E-state index in [9.17, 15) is 18.0 Å². The lowest BCUT2D eigenvalue weighted by Gasteiger charge is -2.38. The van der Waals surface area contributed by atoms with Crippen LogP contribution in [0, 0.1) is 0 Å². The molecule has 2 aliphatic rings. The van der Waals surface area contributed by atoms with Gasteiger partial charge < -0.3 is 9.80 Å². The molecule has 0 spiro atoms. The molecule has 0 unspecified atom stereocenters. The van der Waals surface area contributed by atoms with Crippen LogP contribution in [0.5, 0.6) is 0 Å². The fourth-order valence-corrected chi connectivity index (χ4v) is 4.24. The Hall–Kier alpha value is -2.65. The third kappa shape index (κ3) is 5.77. The largest absolute Gasteiger partial charge is 0.433 e. The SMILES string of the molecule is O=C(CN1CCN(Cc2ccnc(C(F)(F)F)c2)CC1)N1CCN(c2ccccc2)CC1. The van der Waals surface area contributed by atoms with E-state index in [4.69, 9.17) is 0 Å². The summed E-state index contributed by atoms with van der Waals surface area (Å²) in [5.74, 6) is 0.148. The topological polar surface area (TPSA) is 42.9 Å². The highest BCUT2D eigenvalue weighted by Gasteiger charge is 2.32. The Labute approximate surface area is 186 Å². The van der Waals surface area contributed by atoms with Crippen molar-refractivity contribution in [2.75, 3.05) is 63.8 Å². The lowest BCUT2D eigenvalue weighted by Crippen LogP contribution is -2.53. The molecule has 0 radical (unpaired) electrons. The van der Waals surface area contributed by atoms with Gasteiger partial charge in [0.25, 0.3) is 0 Å². The molecule has 2 aromatic rings. The molecule has 2 aliphatic heterocycles. The van der Waals surface area contributed by atoms with Crippen LogP contribution < -0.4 is 4.90 Å². The van der Waals surface area contributed by atoms with Gasteiger partial charge in [0.1, 0.15) is 5.69 Å². The highest BCUT2D eigenvalue weighted by atomic mass is 19.4. The number of alkyl halides is 3. The van der Waals surface area contributed by atoms with E-state index >= 15 is 0 Å². The number of rotatable bonds is 5. The normalized spacial score (nSPS) is 18.7. The van der Waals surface area contributed by atoms with Gasteiger partial charge in [0.05, 0.1) is 6.54 Å². The van der Waals surface area contributed by atoms with E-state index in [1.54, 1.807) is 6.07 Å². The molecule has 32 heavy (non-hydrogen) atoms. The lowest BCUT2D eigenvalue weighted by atomic mass is 10.2. The minimum absolute atomic E-state index is 0.148. The Morgan fingerprint density at radius 2 is 1.53 bits per heavy atom. The summed E-state index contributed by atoms with van der Waals surface area (Å²) in [6.45, 7) is 6.85. The monoisotopic (exact) mass is 447 g/mol. The summed E-state index contributed by atoms with van der Waals surface area (Å²) in [6, 6.07) is 13.0. The van der Waals surface area contributed by atoms with Crippen LogP contribution in [0.2, 0.25) is 0 Å². The number of para-hydroxylation sites is 1. The van der Waals surface area contributed by atoms with E-state index in [1.165, 1.54) is 11.9 Å². The number of carbonyl (C=O) groups is 1. The van der Waals surface area contributed by atoms with E-state index in [0.29, 0.717) is 18.7 Å². The zero-order valence-corrected chi connectivity index (χ0v) is 18.0. The van der Waals surface area contributed by atoms with Gasteiger partial charge in [0.2, 0.25) is 5.91 Å². The number of anilines is 1. The molecule has 0 atom stereocenters. The van der Waals surface area contributed by atoms with Gasteiger partial charge in [-0.25, -0.2) is 0 Å². The van der Waals surface area contributed by atoms with Crippen LogP contribution in [0.15, 0.2) is 48.7 Å². The summed E-state index contributed by atoms with van der Waals surface area (Å²) in [5.41, 5.74) is 0.937. The van der Waals surface area contributed by atoms with Crippen LogP contribution in [0.4, 0.5) is 18.9 Å². The maximum Gasteiger partial charge on any atom is 0.433 e. The predicted molar refractivity (Wildman–Crippen MR) is 116 cm³/mol. The standard InChI is InChI=1S/C23H28F3N5O/c24-23(25,26)21-16-19(6-7-27-21)17-28-8-10-29(11-9-28)18-22(32)31-14-12-30(13-15-31)20-4-2-1-3-5-20/h1-7,16H,8-15,17-18H2. The van der Waals surface area contributed by atoms with Crippen molar-refractivity contribution in [1.82, 2.24) is 19.7 Å². The van der Waals surface area contributed by atoms with Crippen molar-refractivity contribution in [3.8, 4) is 0 Å². The number of hydrogen-bond donors (Lipinski definition) is 0. The summed E-state index contributed by atoms with van der Waals surface area (Å²) in [7, 11) is 0. The summed E-state index contributed by atoms with van der Waals surface area (Å²) in [5, 5.41) is 0. The number of hydrogen-bond acceptors (Lipinski definition) is 5. The molecular formula is C23H28F3N5O. The summed E-state index contributed by atoms with van der Waals surface area (Å²) in [6.07, 6.45) is -3.22. The number of piperazine rings is 2. The van der Waals surface area contributed by atoms with E-state index in [2.05, 4.69) is 31.8 Å². The van der Waals surface area contributed by atoms with E-state index in [1.807, 2.05) is 23.1 Å². The third-order valence-electron chi connectivity index (χ3n) is 6.10. The number of halogens is 3. The first-order valence-electron chi connectivity index (χ1n) is 10.9. The molecule has 4 rings (SSSR count). The van der Waals surface area contributed by atoms with Crippen LogP contribution in [0.1, 0.15) is 11.3 Å². The molecule has 0 bridgehead atoms. The van der Waals surface area contributed by atoms with Crippen molar-refractivity contribution in [3.63, 3.8) is 0 Å². The Kier molecular flexibility index (Phi) is 6.95. The van der Waals surface area contributed by atoms with Gasteiger partial charge in [-0.1, -0.05) is 18.2 Å². The summed E-state index contributed by atoms with van der Waals surface area (Å²) >= 11 is 0. The zero-order valence-electron chi connectivity index (χ0n) is 18.0. The Bertz CT molecular complexity index is 892. The fourth-order valence-electron chi connectivity index (χ4n) is 4.24. The van der Waals surface area contributed by atoms with Gasteiger partial charge in [-0.3, -0.25) is 19.6 Å². The van der Waals surface area contributed by atoms with Crippen LogP contribution in [0.25, 0.3) is 0 Å². The zero-order chi connectivity index (χ0) is 22.6. The fraction of sp³-hybridized carbons (Fsp3) is 0.478. The number of amides is 1. The van der Waals surface area contributed by atoms with Crippen LogP contribution >= 0.6 is 0 Å². The molecule has 1 aromatic heterocycles. The van der Waals surface area contributed by atoms with Gasteiger partial charge in [0, 0.05) is 70.8 Å².